The van der Waals surface area contributed by atoms with Crippen molar-refractivity contribution in [1.82, 2.24) is 10.2 Å². The number of anilines is 1. The highest BCUT2D eigenvalue weighted by Gasteiger charge is 2.34. The predicted octanol–water partition coefficient (Wildman–Crippen LogP) is 2.32. The van der Waals surface area contributed by atoms with Gasteiger partial charge in [-0.3, -0.25) is 9.59 Å². The largest absolute Gasteiger partial charge is 0.504 e. The number of hydrogen-bond donors (Lipinski definition) is 3. The Morgan fingerprint density at radius 2 is 1.96 bits per heavy atom. The molecule has 3 rings (SSSR count). The Morgan fingerprint density at radius 1 is 1.21 bits per heavy atom. The Kier molecular flexibility index (Phi) is 5.59. The van der Waals surface area contributed by atoms with Crippen LogP contribution in [0.15, 0.2) is 54.2 Å². The Balaban J connectivity index is 1.71. The Bertz CT molecular complexity index is 940. The molecule has 0 bridgehead atoms. The summed E-state index contributed by atoms with van der Waals surface area (Å²) in [5.74, 6) is -0.851. The van der Waals surface area contributed by atoms with Crippen molar-refractivity contribution in [1.29, 1.82) is 0 Å². The molecule has 0 unspecified atom stereocenters. The van der Waals surface area contributed by atoms with Gasteiger partial charge in [0.1, 0.15) is 12.2 Å². The van der Waals surface area contributed by atoms with Crippen LogP contribution in [0.4, 0.5) is 10.5 Å². The summed E-state index contributed by atoms with van der Waals surface area (Å²) in [5.41, 5.74) is 1.16. The standard InChI is InChI=1S/C20H19N3O5/c1-2-28-17-11-13(8-9-16(17)24)10-15-19(26)23(20(27)22-15)12-18(25)21-14-6-4-3-5-7-14/h3-11,24H,2,12H2,1H3,(H,21,25)(H,22,27)/b15-10-. The Hall–Kier alpha value is -3.81. The van der Waals surface area contributed by atoms with E-state index in [4.69, 9.17) is 4.74 Å². The van der Waals surface area contributed by atoms with Crippen LogP contribution in [-0.2, 0) is 9.59 Å². The van der Waals surface area contributed by atoms with Crippen LogP contribution < -0.4 is 15.4 Å². The van der Waals surface area contributed by atoms with Crippen molar-refractivity contribution in [2.24, 2.45) is 0 Å². The number of carbonyl (C=O) groups excluding carboxylic acids is 3. The van der Waals surface area contributed by atoms with Crippen molar-refractivity contribution in [3.05, 3.63) is 59.8 Å². The minimum atomic E-state index is -0.678. The maximum atomic E-state index is 12.5. The highest BCUT2D eigenvalue weighted by atomic mass is 16.5. The minimum absolute atomic E-state index is 0.0232. The van der Waals surface area contributed by atoms with Gasteiger partial charge in [0.15, 0.2) is 11.5 Å². The summed E-state index contributed by atoms with van der Waals surface area (Å²) in [6, 6.07) is 12.6. The summed E-state index contributed by atoms with van der Waals surface area (Å²) in [6.07, 6.45) is 1.46. The number of urea groups is 1. The summed E-state index contributed by atoms with van der Waals surface area (Å²) in [5, 5.41) is 14.8. The van der Waals surface area contributed by atoms with Crippen molar-refractivity contribution in [3.8, 4) is 11.5 Å². The number of rotatable bonds is 6. The molecule has 144 valence electrons. The van der Waals surface area contributed by atoms with Gasteiger partial charge in [-0.05, 0) is 42.8 Å². The third-order valence-electron chi connectivity index (χ3n) is 3.92. The number of carbonyl (C=O) groups is 3. The molecule has 1 heterocycles. The van der Waals surface area contributed by atoms with E-state index in [0.29, 0.717) is 17.9 Å². The number of phenols is 1. The van der Waals surface area contributed by atoms with Crippen LogP contribution in [0.3, 0.4) is 0 Å². The molecule has 2 aromatic rings. The molecule has 28 heavy (non-hydrogen) atoms. The fourth-order valence-electron chi connectivity index (χ4n) is 2.64. The number of amides is 4. The number of para-hydroxylation sites is 1. The second kappa shape index (κ2) is 8.26. The lowest BCUT2D eigenvalue weighted by molar-refractivity contribution is -0.127. The highest BCUT2D eigenvalue weighted by molar-refractivity contribution is 6.15. The molecular formula is C20H19N3O5. The van der Waals surface area contributed by atoms with Crippen molar-refractivity contribution in [2.45, 2.75) is 6.92 Å². The SMILES string of the molecule is CCOc1cc(/C=C2\NC(=O)N(CC(=O)Nc3ccccc3)C2=O)ccc1O. The fraction of sp³-hybridized carbons (Fsp3) is 0.150. The zero-order valence-electron chi connectivity index (χ0n) is 15.1. The van der Waals surface area contributed by atoms with E-state index in [1.807, 2.05) is 6.07 Å². The van der Waals surface area contributed by atoms with Crippen molar-refractivity contribution < 1.29 is 24.2 Å². The molecule has 0 aromatic heterocycles. The minimum Gasteiger partial charge on any atom is -0.504 e. The number of nitrogens with zero attached hydrogens (tertiary/aromatic N) is 1. The third kappa shape index (κ3) is 4.29. The van der Waals surface area contributed by atoms with Crippen LogP contribution in [0.2, 0.25) is 0 Å². The summed E-state index contributed by atoms with van der Waals surface area (Å²) in [4.78, 5) is 37.6. The van der Waals surface area contributed by atoms with E-state index >= 15 is 0 Å². The van der Waals surface area contributed by atoms with Gasteiger partial charge in [-0.1, -0.05) is 24.3 Å². The lowest BCUT2D eigenvalue weighted by Crippen LogP contribution is -2.38. The summed E-state index contributed by atoms with van der Waals surface area (Å²) in [7, 11) is 0. The number of nitrogens with one attached hydrogen (secondary N) is 2. The van der Waals surface area contributed by atoms with E-state index in [9.17, 15) is 19.5 Å². The number of hydrogen-bond acceptors (Lipinski definition) is 5. The van der Waals surface area contributed by atoms with E-state index in [1.54, 1.807) is 43.3 Å². The normalized spacial score (nSPS) is 14.9. The first-order valence-corrected chi connectivity index (χ1v) is 8.63. The quantitative estimate of drug-likeness (QED) is 0.526. The summed E-state index contributed by atoms with van der Waals surface area (Å²) >= 11 is 0. The average molecular weight is 381 g/mol. The number of benzene rings is 2. The zero-order valence-corrected chi connectivity index (χ0v) is 15.1. The molecule has 0 spiro atoms. The summed E-state index contributed by atoms with van der Waals surface area (Å²) < 4.78 is 5.31. The van der Waals surface area contributed by atoms with Gasteiger partial charge in [0.05, 0.1) is 6.61 Å². The highest BCUT2D eigenvalue weighted by Crippen LogP contribution is 2.28. The van der Waals surface area contributed by atoms with Gasteiger partial charge in [0, 0.05) is 5.69 Å². The molecule has 8 heteroatoms. The molecule has 2 aromatic carbocycles. The lowest BCUT2D eigenvalue weighted by Gasteiger charge is -2.11. The smallest absolute Gasteiger partial charge is 0.329 e. The van der Waals surface area contributed by atoms with Gasteiger partial charge in [-0.25, -0.2) is 9.69 Å². The van der Waals surface area contributed by atoms with E-state index in [0.717, 1.165) is 4.90 Å². The Morgan fingerprint density at radius 3 is 2.68 bits per heavy atom. The van der Waals surface area contributed by atoms with Crippen molar-refractivity contribution in [2.75, 3.05) is 18.5 Å². The third-order valence-corrected chi connectivity index (χ3v) is 3.92. The predicted molar refractivity (Wildman–Crippen MR) is 103 cm³/mol. The van der Waals surface area contributed by atoms with Crippen molar-refractivity contribution in [3.63, 3.8) is 0 Å². The van der Waals surface area contributed by atoms with Crippen LogP contribution in [0.1, 0.15) is 12.5 Å². The van der Waals surface area contributed by atoms with Crippen LogP contribution in [0.5, 0.6) is 11.5 Å². The maximum absolute atomic E-state index is 12.5. The number of imide groups is 1. The monoisotopic (exact) mass is 381 g/mol. The molecule has 3 N–H and O–H groups in total. The lowest BCUT2D eigenvalue weighted by atomic mass is 10.1. The van der Waals surface area contributed by atoms with Crippen molar-refractivity contribution >= 4 is 29.6 Å². The first-order valence-electron chi connectivity index (χ1n) is 8.63. The molecule has 1 fully saturated rings. The zero-order chi connectivity index (χ0) is 20.1. The molecule has 0 saturated carbocycles. The Labute approximate surface area is 161 Å². The number of ether oxygens (including phenoxy) is 1. The average Bonchev–Trinajstić information content (AvgIpc) is 2.93. The maximum Gasteiger partial charge on any atom is 0.329 e. The topological polar surface area (TPSA) is 108 Å². The fourth-order valence-corrected chi connectivity index (χ4v) is 2.64. The number of phenolic OH excluding ortho intramolecular Hbond substituents is 1. The van der Waals surface area contributed by atoms with Gasteiger partial charge in [-0.15, -0.1) is 0 Å². The van der Waals surface area contributed by atoms with Gasteiger partial charge >= 0.3 is 6.03 Å². The van der Waals surface area contributed by atoms with E-state index in [1.165, 1.54) is 12.1 Å². The molecule has 1 saturated heterocycles. The first-order chi connectivity index (χ1) is 13.5. The first kappa shape index (κ1) is 19.0. The van der Waals surface area contributed by atoms with Gasteiger partial charge in [-0.2, -0.15) is 0 Å². The van der Waals surface area contributed by atoms with E-state index in [-0.39, 0.29) is 17.2 Å². The van der Waals surface area contributed by atoms with Gasteiger partial charge < -0.3 is 20.5 Å². The molecule has 0 atom stereocenters. The van der Waals surface area contributed by atoms with Crippen LogP contribution in [0, 0.1) is 0 Å². The van der Waals surface area contributed by atoms with Gasteiger partial charge in [0.2, 0.25) is 5.91 Å². The van der Waals surface area contributed by atoms with Gasteiger partial charge in [0.25, 0.3) is 5.91 Å². The molecular weight excluding hydrogens is 362 g/mol. The van der Waals surface area contributed by atoms with Crippen LogP contribution in [0.25, 0.3) is 6.08 Å². The molecule has 1 aliphatic rings. The number of aromatic hydroxyl groups is 1. The van der Waals surface area contributed by atoms with E-state index in [2.05, 4.69) is 10.6 Å². The molecule has 4 amide bonds. The summed E-state index contributed by atoms with van der Waals surface area (Å²) in [6.45, 7) is 1.74. The molecule has 0 radical (unpaired) electrons. The van der Waals surface area contributed by atoms with E-state index < -0.39 is 24.4 Å². The second-order valence-corrected chi connectivity index (χ2v) is 5.95. The van der Waals surface area contributed by atoms with Crippen LogP contribution in [-0.4, -0.2) is 41.0 Å². The van der Waals surface area contributed by atoms with Crippen LogP contribution >= 0.6 is 0 Å². The second-order valence-electron chi connectivity index (χ2n) is 5.95. The molecule has 8 nitrogen and oxygen atoms in total. The molecule has 0 aliphatic carbocycles. The molecule has 1 aliphatic heterocycles.